The van der Waals surface area contributed by atoms with E-state index in [0.717, 1.165) is 0 Å². The van der Waals surface area contributed by atoms with E-state index in [0.29, 0.717) is 11.3 Å². The molecule has 0 aromatic heterocycles. The number of ether oxygens (including phenoxy) is 2. The van der Waals surface area contributed by atoms with Crippen LogP contribution in [0.15, 0.2) is 53.4 Å². The summed E-state index contributed by atoms with van der Waals surface area (Å²) in [4.78, 5) is 36.0. The Hall–Kier alpha value is -3.08. The van der Waals surface area contributed by atoms with Gasteiger partial charge in [-0.05, 0) is 51.1 Å². The minimum absolute atomic E-state index is 0.0109. The van der Waals surface area contributed by atoms with Crippen molar-refractivity contribution >= 4 is 33.4 Å². The van der Waals surface area contributed by atoms with Gasteiger partial charge in [0.2, 0.25) is 10.0 Å². The van der Waals surface area contributed by atoms with Gasteiger partial charge in [-0.3, -0.25) is 9.59 Å². The molecule has 1 aliphatic rings. The van der Waals surface area contributed by atoms with E-state index in [1.54, 1.807) is 32.0 Å². The lowest BCUT2D eigenvalue weighted by molar-refractivity contribution is -0.119. The van der Waals surface area contributed by atoms with Crippen molar-refractivity contribution in [2.24, 2.45) is 0 Å². The fourth-order valence-electron chi connectivity index (χ4n) is 3.49. The number of ketones is 1. The molecule has 1 saturated heterocycles. The zero-order valence-corrected chi connectivity index (χ0v) is 19.4. The summed E-state index contributed by atoms with van der Waals surface area (Å²) in [7, 11) is -3.83. The van der Waals surface area contributed by atoms with Gasteiger partial charge in [-0.1, -0.05) is 18.2 Å². The molecule has 1 heterocycles. The van der Waals surface area contributed by atoms with Crippen LogP contribution in [0.25, 0.3) is 0 Å². The van der Waals surface area contributed by atoms with Gasteiger partial charge in [0.05, 0.1) is 22.7 Å². The van der Waals surface area contributed by atoms with Gasteiger partial charge in [-0.2, -0.15) is 4.31 Å². The molecule has 3 rings (SSSR count). The highest BCUT2D eigenvalue weighted by molar-refractivity contribution is 7.89. The number of carbonyl (C=O) groups is 3. The Morgan fingerprint density at radius 1 is 1.03 bits per heavy atom. The molecule has 2 aromatic carbocycles. The number of benzene rings is 2. The van der Waals surface area contributed by atoms with E-state index in [1.165, 1.54) is 41.6 Å². The summed E-state index contributed by atoms with van der Waals surface area (Å²) in [6, 6.07) is 11.9. The predicted octanol–water partition coefficient (Wildman–Crippen LogP) is 2.48. The third-order valence-corrected chi connectivity index (χ3v) is 6.81. The molecule has 1 aliphatic heterocycles. The van der Waals surface area contributed by atoms with Crippen molar-refractivity contribution in [1.29, 1.82) is 0 Å². The average Bonchev–Trinajstić information content (AvgIpc) is 2.77. The van der Waals surface area contributed by atoms with E-state index in [9.17, 15) is 22.8 Å². The molecule has 0 radical (unpaired) electrons. The Balaban J connectivity index is 1.64. The van der Waals surface area contributed by atoms with Gasteiger partial charge in [0, 0.05) is 24.3 Å². The maximum absolute atomic E-state index is 13.0. The van der Waals surface area contributed by atoms with Crippen LogP contribution in [0.1, 0.15) is 41.5 Å². The lowest BCUT2D eigenvalue weighted by atomic mass is 10.1. The molecule has 1 amide bonds. The van der Waals surface area contributed by atoms with Crippen LogP contribution in [0.3, 0.4) is 0 Å². The van der Waals surface area contributed by atoms with Crippen molar-refractivity contribution in [2.45, 2.75) is 37.9 Å². The number of hydrogen-bond acceptors (Lipinski definition) is 7. The molecule has 1 fully saturated rings. The zero-order chi connectivity index (χ0) is 24.2. The first-order valence-corrected chi connectivity index (χ1v) is 11.8. The number of hydrogen-bond donors (Lipinski definition) is 1. The summed E-state index contributed by atoms with van der Waals surface area (Å²) < 4.78 is 38.0. The number of esters is 1. The number of sulfonamides is 1. The monoisotopic (exact) mass is 474 g/mol. The van der Waals surface area contributed by atoms with Gasteiger partial charge in [-0.15, -0.1) is 0 Å². The Kier molecular flexibility index (Phi) is 7.62. The fraction of sp³-hybridized carbons (Fsp3) is 0.348. The van der Waals surface area contributed by atoms with E-state index in [-0.39, 0.29) is 41.5 Å². The lowest BCUT2D eigenvalue weighted by Gasteiger charge is -2.34. The van der Waals surface area contributed by atoms with Crippen molar-refractivity contribution in [3.63, 3.8) is 0 Å². The first-order chi connectivity index (χ1) is 15.6. The lowest BCUT2D eigenvalue weighted by Crippen LogP contribution is -2.48. The second-order valence-electron chi connectivity index (χ2n) is 7.87. The molecule has 1 N–H and O–H groups in total. The minimum atomic E-state index is -3.83. The quantitative estimate of drug-likeness (QED) is 0.484. The summed E-state index contributed by atoms with van der Waals surface area (Å²) in [6.07, 6.45) is -0.488. The molecule has 176 valence electrons. The maximum Gasteiger partial charge on any atom is 0.338 e. The highest BCUT2D eigenvalue weighted by Crippen LogP contribution is 2.22. The van der Waals surface area contributed by atoms with E-state index in [1.807, 2.05) is 0 Å². The molecule has 33 heavy (non-hydrogen) atoms. The van der Waals surface area contributed by atoms with Crippen LogP contribution < -0.4 is 5.32 Å². The topological polar surface area (TPSA) is 119 Å². The molecule has 0 bridgehead atoms. The van der Waals surface area contributed by atoms with Crippen LogP contribution in [0.4, 0.5) is 5.69 Å². The van der Waals surface area contributed by atoms with Crippen LogP contribution >= 0.6 is 0 Å². The molecule has 0 spiro atoms. The van der Waals surface area contributed by atoms with Crippen molar-refractivity contribution in [3.8, 4) is 0 Å². The van der Waals surface area contributed by atoms with Gasteiger partial charge in [0.25, 0.3) is 5.91 Å². The van der Waals surface area contributed by atoms with Crippen LogP contribution in [-0.4, -0.2) is 62.3 Å². The number of morpholine rings is 1. The van der Waals surface area contributed by atoms with Gasteiger partial charge >= 0.3 is 5.97 Å². The highest BCUT2D eigenvalue weighted by Gasteiger charge is 2.32. The number of amides is 1. The number of anilines is 1. The average molecular weight is 475 g/mol. The summed E-state index contributed by atoms with van der Waals surface area (Å²) in [5.41, 5.74) is 0.842. The molecular weight excluding hydrogens is 448 g/mol. The molecule has 0 saturated carbocycles. The fourth-order valence-corrected chi connectivity index (χ4v) is 5.12. The van der Waals surface area contributed by atoms with Gasteiger partial charge in [0.1, 0.15) is 0 Å². The molecule has 0 aliphatic carbocycles. The second kappa shape index (κ2) is 10.2. The van der Waals surface area contributed by atoms with Crippen molar-refractivity contribution in [2.75, 3.05) is 25.0 Å². The summed E-state index contributed by atoms with van der Waals surface area (Å²) >= 11 is 0. The summed E-state index contributed by atoms with van der Waals surface area (Å²) in [6.45, 7) is 4.87. The van der Waals surface area contributed by atoms with Gasteiger partial charge in [0.15, 0.2) is 12.4 Å². The summed E-state index contributed by atoms with van der Waals surface area (Å²) in [5, 5.41) is 2.55. The van der Waals surface area contributed by atoms with E-state index >= 15 is 0 Å². The van der Waals surface area contributed by atoms with Crippen LogP contribution in [0, 0.1) is 0 Å². The first kappa shape index (κ1) is 24.6. The minimum Gasteiger partial charge on any atom is -0.452 e. The van der Waals surface area contributed by atoms with E-state index in [2.05, 4.69) is 5.32 Å². The maximum atomic E-state index is 13.0. The van der Waals surface area contributed by atoms with Crippen LogP contribution in [-0.2, 0) is 24.3 Å². The number of rotatable bonds is 7. The van der Waals surface area contributed by atoms with Gasteiger partial charge in [-0.25, -0.2) is 13.2 Å². The molecule has 9 nitrogen and oxygen atoms in total. The number of nitrogens with zero attached hydrogens (tertiary/aromatic N) is 1. The highest BCUT2D eigenvalue weighted by atomic mass is 32.2. The summed E-state index contributed by atoms with van der Waals surface area (Å²) in [5.74, 6) is -1.57. The predicted molar refractivity (Wildman–Crippen MR) is 121 cm³/mol. The number of Topliss-reactive ketones (excluding diaryl/α,β-unsaturated/α-hetero) is 1. The smallest absolute Gasteiger partial charge is 0.338 e. The Morgan fingerprint density at radius 2 is 1.67 bits per heavy atom. The molecule has 2 unspecified atom stereocenters. The van der Waals surface area contributed by atoms with E-state index < -0.39 is 28.5 Å². The van der Waals surface area contributed by atoms with Crippen molar-refractivity contribution < 1.29 is 32.3 Å². The molecule has 2 atom stereocenters. The first-order valence-electron chi connectivity index (χ1n) is 10.4. The molecule has 2 aromatic rings. The Labute approximate surface area is 192 Å². The van der Waals surface area contributed by atoms with Crippen molar-refractivity contribution in [3.05, 3.63) is 59.7 Å². The molecule has 10 heteroatoms. The SMILES string of the molecule is CC(=O)c1cccc(NC(=O)COC(=O)c2cccc(S(=O)(=O)N3CC(C)OC(C)C3)c2)c1. The standard InChI is InChI=1S/C23H26N2O7S/c1-15-12-25(13-16(2)32-15)33(29,30)21-9-5-7-19(11-21)23(28)31-14-22(27)24-20-8-4-6-18(10-20)17(3)26/h4-11,15-16H,12-14H2,1-3H3,(H,24,27). The Morgan fingerprint density at radius 3 is 2.33 bits per heavy atom. The van der Waals surface area contributed by atoms with Crippen LogP contribution in [0.2, 0.25) is 0 Å². The zero-order valence-electron chi connectivity index (χ0n) is 18.6. The normalized spacial score (nSPS) is 19.0. The number of nitrogens with one attached hydrogen (secondary N) is 1. The third kappa shape index (κ3) is 6.25. The van der Waals surface area contributed by atoms with Crippen LogP contribution in [0.5, 0.6) is 0 Å². The largest absolute Gasteiger partial charge is 0.452 e. The Bertz CT molecular complexity index is 1150. The second-order valence-corrected chi connectivity index (χ2v) is 9.81. The molecular formula is C23H26N2O7S. The number of carbonyl (C=O) groups excluding carboxylic acids is 3. The van der Waals surface area contributed by atoms with E-state index in [4.69, 9.17) is 9.47 Å². The third-order valence-electron chi connectivity index (χ3n) is 4.98. The van der Waals surface area contributed by atoms with Gasteiger partial charge < -0.3 is 14.8 Å². The van der Waals surface area contributed by atoms with Crippen molar-refractivity contribution in [1.82, 2.24) is 4.31 Å².